The summed E-state index contributed by atoms with van der Waals surface area (Å²) in [7, 11) is 0. The first-order valence-electron chi connectivity index (χ1n) is 7.62. The summed E-state index contributed by atoms with van der Waals surface area (Å²) in [6, 6.07) is 20.0. The Kier molecular flexibility index (Phi) is 4.59. The molecule has 3 nitrogen and oxygen atoms in total. The zero-order valence-corrected chi connectivity index (χ0v) is 13.1. The molecule has 3 aromatic carbocycles. The van der Waals surface area contributed by atoms with Gasteiger partial charge in [-0.2, -0.15) is 0 Å². The second-order valence-electron chi connectivity index (χ2n) is 5.50. The third kappa shape index (κ3) is 3.14. The van der Waals surface area contributed by atoms with E-state index in [9.17, 15) is 18.7 Å². The van der Waals surface area contributed by atoms with Gasteiger partial charge < -0.3 is 10.4 Å². The molecule has 0 saturated heterocycles. The van der Waals surface area contributed by atoms with Crippen molar-refractivity contribution in [3.05, 3.63) is 102 Å². The van der Waals surface area contributed by atoms with E-state index in [0.29, 0.717) is 11.1 Å². The lowest BCUT2D eigenvalue weighted by molar-refractivity contribution is -0.131. The molecule has 0 bridgehead atoms. The van der Waals surface area contributed by atoms with Crippen LogP contribution in [0.2, 0.25) is 0 Å². The van der Waals surface area contributed by atoms with Crippen LogP contribution in [-0.2, 0) is 10.4 Å². The summed E-state index contributed by atoms with van der Waals surface area (Å²) in [6.45, 7) is 0. The monoisotopic (exact) mass is 339 g/mol. The van der Waals surface area contributed by atoms with Crippen LogP contribution in [0.4, 0.5) is 14.5 Å². The van der Waals surface area contributed by atoms with Crippen molar-refractivity contribution in [2.75, 3.05) is 5.32 Å². The van der Waals surface area contributed by atoms with Crippen molar-refractivity contribution in [2.24, 2.45) is 0 Å². The molecule has 0 aromatic heterocycles. The van der Waals surface area contributed by atoms with Crippen LogP contribution in [0.1, 0.15) is 11.1 Å². The molecule has 3 aromatic rings. The number of halogens is 2. The Labute approximate surface area is 143 Å². The predicted molar refractivity (Wildman–Crippen MR) is 90.9 cm³/mol. The summed E-state index contributed by atoms with van der Waals surface area (Å²) in [5.74, 6) is -3.14. The van der Waals surface area contributed by atoms with Crippen molar-refractivity contribution < 1.29 is 18.7 Å². The van der Waals surface area contributed by atoms with Crippen molar-refractivity contribution in [3.63, 3.8) is 0 Å². The van der Waals surface area contributed by atoms with Gasteiger partial charge in [0.2, 0.25) is 0 Å². The molecular formula is C20H15F2NO2. The number of hydrogen-bond donors (Lipinski definition) is 2. The number of hydrogen-bond acceptors (Lipinski definition) is 2. The molecule has 3 rings (SSSR count). The molecule has 126 valence electrons. The van der Waals surface area contributed by atoms with Crippen LogP contribution in [0.25, 0.3) is 0 Å². The van der Waals surface area contributed by atoms with Gasteiger partial charge in [0.1, 0.15) is 0 Å². The lowest BCUT2D eigenvalue weighted by atomic mass is 9.85. The summed E-state index contributed by atoms with van der Waals surface area (Å²) in [4.78, 5) is 12.8. The first-order chi connectivity index (χ1) is 12.0. The summed E-state index contributed by atoms with van der Waals surface area (Å²) in [6.07, 6.45) is 0. The second-order valence-corrected chi connectivity index (χ2v) is 5.50. The number of benzene rings is 3. The minimum absolute atomic E-state index is 0.315. The molecule has 0 saturated carbocycles. The van der Waals surface area contributed by atoms with E-state index in [4.69, 9.17) is 0 Å². The van der Waals surface area contributed by atoms with E-state index in [2.05, 4.69) is 5.32 Å². The molecule has 1 amide bonds. The highest BCUT2D eigenvalue weighted by Crippen LogP contribution is 2.31. The molecule has 0 spiro atoms. The van der Waals surface area contributed by atoms with Gasteiger partial charge in [0.25, 0.3) is 5.91 Å². The zero-order valence-electron chi connectivity index (χ0n) is 13.1. The molecular weight excluding hydrogens is 324 g/mol. The Morgan fingerprint density at radius 1 is 0.800 bits per heavy atom. The maximum Gasteiger partial charge on any atom is 0.265 e. The van der Waals surface area contributed by atoms with Gasteiger partial charge in [0.05, 0.1) is 5.69 Å². The van der Waals surface area contributed by atoms with Crippen LogP contribution in [0.5, 0.6) is 0 Å². The Hall–Kier alpha value is -3.05. The van der Waals surface area contributed by atoms with Gasteiger partial charge in [0.15, 0.2) is 17.2 Å². The van der Waals surface area contributed by atoms with Gasteiger partial charge in [-0.25, -0.2) is 8.78 Å². The van der Waals surface area contributed by atoms with Crippen molar-refractivity contribution in [1.82, 2.24) is 0 Å². The highest BCUT2D eigenvalue weighted by atomic mass is 19.2. The molecule has 0 atom stereocenters. The maximum atomic E-state index is 13.9. The van der Waals surface area contributed by atoms with Crippen molar-refractivity contribution >= 4 is 11.6 Å². The number of aliphatic hydroxyl groups is 1. The van der Waals surface area contributed by atoms with E-state index in [1.807, 2.05) is 0 Å². The van der Waals surface area contributed by atoms with Crippen LogP contribution >= 0.6 is 0 Å². The highest BCUT2D eigenvalue weighted by molar-refractivity contribution is 6.00. The van der Waals surface area contributed by atoms with Gasteiger partial charge in [-0.1, -0.05) is 66.7 Å². The fourth-order valence-electron chi connectivity index (χ4n) is 2.60. The number of carbonyl (C=O) groups is 1. The van der Waals surface area contributed by atoms with Gasteiger partial charge >= 0.3 is 0 Å². The Morgan fingerprint density at radius 2 is 1.32 bits per heavy atom. The molecule has 2 N–H and O–H groups in total. The van der Waals surface area contributed by atoms with Gasteiger partial charge in [-0.15, -0.1) is 0 Å². The summed E-state index contributed by atoms with van der Waals surface area (Å²) < 4.78 is 27.3. The van der Waals surface area contributed by atoms with Crippen LogP contribution in [0.3, 0.4) is 0 Å². The Balaban J connectivity index is 2.06. The molecule has 25 heavy (non-hydrogen) atoms. The van der Waals surface area contributed by atoms with E-state index >= 15 is 0 Å². The summed E-state index contributed by atoms with van der Waals surface area (Å²) in [5.41, 5.74) is -1.76. The first-order valence-corrected chi connectivity index (χ1v) is 7.62. The Bertz CT molecular complexity index is 843. The number of rotatable bonds is 4. The van der Waals surface area contributed by atoms with E-state index in [1.165, 1.54) is 12.1 Å². The third-order valence-corrected chi connectivity index (χ3v) is 3.91. The topological polar surface area (TPSA) is 49.3 Å². The summed E-state index contributed by atoms with van der Waals surface area (Å²) in [5, 5.41) is 13.5. The molecule has 0 fully saturated rings. The fraction of sp³-hybridized carbons (Fsp3) is 0.0500. The number of carbonyl (C=O) groups excluding carboxylic acids is 1. The standard InChI is InChI=1S/C20H15F2NO2/c21-16-12-7-13-17(18(16)22)23-19(24)20(25,14-8-3-1-4-9-14)15-10-5-2-6-11-15/h1-13,25H,(H,23,24). The van der Waals surface area contributed by atoms with Gasteiger partial charge in [-0.3, -0.25) is 4.79 Å². The number of nitrogens with one attached hydrogen (secondary N) is 1. The number of anilines is 1. The van der Waals surface area contributed by atoms with E-state index in [-0.39, 0.29) is 5.69 Å². The molecule has 0 unspecified atom stereocenters. The van der Waals surface area contributed by atoms with Crippen molar-refractivity contribution in [2.45, 2.75) is 5.60 Å². The lowest BCUT2D eigenvalue weighted by Gasteiger charge is -2.28. The van der Waals surface area contributed by atoms with Gasteiger partial charge in [0, 0.05) is 0 Å². The minimum atomic E-state index is -2.05. The smallest absolute Gasteiger partial charge is 0.265 e. The SMILES string of the molecule is O=C(Nc1cccc(F)c1F)C(O)(c1ccccc1)c1ccccc1. The van der Waals surface area contributed by atoms with Gasteiger partial charge in [-0.05, 0) is 23.3 Å². The molecule has 0 radical (unpaired) electrons. The quantitative estimate of drug-likeness (QED) is 0.759. The maximum absolute atomic E-state index is 13.9. The van der Waals surface area contributed by atoms with Crippen LogP contribution < -0.4 is 5.32 Å². The molecule has 0 aliphatic carbocycles. The normalized spacial score (nSPS) is 11.2. The summed E-state index contributed by atoms with van der Waals surface area (Å²) >= 11 is 0. The van der Waals surface area contributed by atoms with E-state index in [1.54, 1.807) is 60.7 Å². The average Bonchev–Trinajstić information content (AvgIpc) is 2.66. The van der Waals surface area contributed by atoms with E-state index in [0.717, 1.165) is 6.07 Å². The lowest BCUT2D eigenvalue weighted by Crippen LogP contribution is -2.41. The van der Waals surface area contributed by atoms with Crippen molar-refractivity contribution in [3.8, 4) is 0 Å². The highest BCUT2D eigenvalue weighted by Gasteiger charge is 2.40. The van der Waals surface area contributed by atoms with Crippen LogP contribution in [0.15, 0.2) is 78.9 Å². The third-order valence-electron chi connectivity index (χ3n) is 3.91. The molecule has 5 heteroatoms. The van der Waals surface area contributed by atoms with Crippen LogP contribution in [0, 0.1) is 11.6 Å². The zero-order chi connectivity index (χ0) is 17.9. The van der Waals surface area contributed by atoms with Crippen molar-refractivity contribution in [1.29, 1.82) is 0 Å². The first kappa shape index (κ1) is 16.8. The molecule has 0 aliphatic rings. The fourth-order valence-corrected chi connectivity index (χ4v) is 2.60. The molecule has 0 aliphatic heterocycles. The van der Waals surface area contributed by atoms with Crippen LogP contribution in [-0.4, -0.2) is 11.0 Å². The second kappa shape index (κ2) is 6.83. The number of amides is 1. The average molecular weight is 339 g/mol. The Morgan fingerprint density at radius 3 is 1.84 bits per heavy atom. The van der Waals surface area contributed by atoms with E-state index < -0.39 is 23.1 Å². The molecule has 0 heterocycles. The largest absolute Gasteiger partial charge is 0.372 e. The predicted octanol–water partition coefficient (Wildman–Crippen LogP) is 3.84. The minimum Gasteiger partial charge on any atom is -0.372 e.